The number of hydrogen-bond acceptors (Lipinski definition) is 4. The molecule has 2 rings (SSSR count). The summed E-state index contributed by atoms with van der Waals surface area (Å²) in [6.45, 7) is 3.58. The number of carbonyl (C=O) groups excluding carboxylic acids is 2. The Morgan fingerprint density at radius 2 is 2.00 bits per heavy atom. The number of halogens is 1. The number of fused-ring (bicyclic) bond motifs is 1. The van der Waals surface area contributed by atoms with Crippen molar-refractivity contribution in [3.05, 3.63) is 34.7 Å². The summed E-state index contributed by atoms with van der Waals surface area (Å²) in [5, 5.41) is 0.353. The molecule has 0 spiro atoms. The summed E-state index contributed by atoms with van der Waals surface area (Å²) in [5.41, 5.74) is 0.659. The van der Waals surface area contributed by atoms with E-state index in [1.165, 1.54) is 11.3 Å². The largest absolute Gasteiger partial charge is 0.463 e. The molecule has 5 heteroatoms. The van der Waals surface area contributed by atoms with Gasteiger partial charge in [-0.25, -0.2) is 0 Å². The van der Waals surface area contributed by atoms with Crippen LogP contribution in [-0.4, -0.2) is 17.3 Å². The number of ether oxygens (including phenoxy) is 1. The van der Waals surface area contributed by atoms with Gasteiger partial charge in [-0.1, -0.05) is 18.2 Å². The summed E-state index contributed by atoms with van der Waals surface area (Å²) in [4.78, 5) is 23.7. The Labute approximate surface area is 120 Å². The molecule has 0 atom stereocenters. The van der Waals surface area contributed by atoms with Crippen molar-refractivity contribution in [2.75, 3.05) is 0 Å². The Bertz CT molecular complexity index is 631. The van der Waals surface area contributed by atoms with Crippen molar-refractivity contribution in [1.82, 2.24) is 0 Å². The van der Waals surface area contributed by atoms with Crippen molar-refractivity contribution in [2.45, 2.75) is 26.4 Å². The van der Waals surface area contributed by atoms with Gasteiger partial charge in [0, 0.05) is 4.70 Å². The minimum absolute atomic E-state index is 0.0655. The summed E-state index contributed by atoms with van der Waals surface area (Å²) >= 11 is 6.89. The van der Waals surface area contributed by atoms with Gasteiger partial charge in [0.2, 0.25) is 0 Å². The number of thiophene rings is 1. The summed E-state index contributed by atoms with van der Waals surface area (Å²) in [6.07, 6.45) is -0.108. The second-order valence-corrected chi connectivity index (χ2v) is 5.79. The van der Waals surface area contributed by atoms with Gasteiger partial charge in [0.25, 0.3) is 5.24 Å². The van der Waals surface area contributed by atoms with Crippen molar-refractivity contribution in [1.29, 1.82) is 0 Å². The van der Waals surface area contributed by atoms with Gasteiger partial charge in [0.1, 0.15) is 0 Å². The van der Waals surface area contributed by atoms with Crippen LogP contribution in [0.4, 0.5) is 0 Å². The Balaban J connectivity index is 2.42. The first-order valence-electron chi connectivity index (χ1n) is 5.88. The SMILES string of the molecule is CC(C)OC(=O)Cc1c(C(=O)Cl)sc2ccccc12. The third-order valence-corrected chi connectivity index (χ3v) is 4.08. The fourth-order valence-electron chi connectivity index (χ4n) is 1.88. The van der Waals surface area contributed by atoms with Gasteiger partial charge in [-0.05, 0) is 42.5 Å². The second-order valence-electron chi connectivity index (χ2n) is 4.39. The van der Waals surface area contributed by atoms with Gasteiger partial charge < -0.3 is 4.74 Å². The van der Waals surface area contributed by atoms with E-state index in [-0.39, 0.29) is 18.5 Å². The van der Waals surface area contributed by atoms with Crippen LogP contribution < -0.4 is 0 Å². The molecule has 1 aromatic heterocycles. The Kier molecular flexibility index (Phi) is 4.22. The van der Waals surface area contributed by atoms with E-state index in [4.69, 9.17) is 16.3 Å². The summed E-state index contributed by atoms with van der Waals surface area (Å²) in [7, 11) is 0. The van der Waals surface area contributed by atoms with E-state index in [0.29, 0.717) is 10.4 Å². The molecule has 0 radical (unpaired) electrons. The van der Waals surface area contributed by atoms with Gasteiger partial charge in [-0.3, -0.25) is 9.59 Å². The molecule has 0 aliphatic rings. The third-order valence-electron chi connectivity index (χ3n) is 2.57. The highest BCUT2D eigenvalue weighted by Gasteiger charge is 2.20. The number of hydrogen-bond donors (Lipinski definition) is 0. The van der Waals surface area contributed by atoms with Crippen LogP contribution in [0, 0.1) is 0 Å². The smallest absolute Gasteiger partial charge is 0.310 e. The van der Waals surface area contributed by atoms with Crippen molar-refractivity contribution >= 4 is 44.2 Å². The number of rotatable bonds is 4. The fourth-order valence-corrected chi connectivity index (χ4v) is 3.17. The van der Waals surface area contributed by atoms with Crippen LogP contribution in [0.15, 0.2) is 24.3 Å². The molecule has 1 heterocycles. The van der Waals surface area contributed by atoms with E-state index in [9.17, 15) is 9.59 Å². The van der Waals surface area contributed by atoms with E-state index in [0.717, 1.165) is 10.1 Å². The molecule has 100 valence electrons. The Morgan fingerprint density at radius 3 is 2.63 bits per heavy atom. The average molecular weight is 297 g/mol. The maximum atomic E-state index is 11.8. The van der Waals surface area contributed by atoms with Crippen LogP contribution >= 0.6 is 22.9 Å². The molecule has 0 saturated carbocycles. The molecule has 19 heavy (non-hydrogen) atoms. The molecule has 0 saturated heterocycles. The number of carbonyl (C=O) groups is 2. The molecule has 0 aliphatic carbocycles. The lowest BCUT2D eigenvalue weighted by molar-refractivity contribution is -0.146. The third kappa shape index (κ3) is 3.14. The van der Waals surface area contributed by atoms with E-state index >= 15 is 0 Å². The van der Waals surface area contributed by atoms with Crippen molar-refractivity contribution in [3.63, 3.8) is 0 Å². The van der Waals surface area contributed by atoms with E-state index in [1.807, 2.05) is 24.3 Å². The minimum atomic E-state index is -0.534. The van der Waals surface area contributed by atoms with Crippen LogP contribution in [0.25, 0.3) is 10.1 Å². The number of esters is 1. The molecule has 0 N–H and O–H groups in total. The van der Waals surface area contributed by atoms with Crippen molar-refractivity contribution < 1.29 is 14.3 Å². The van der Waals surface area contributed by atoms with Crippen LogP contribution in [0.1, 0.15) is 29.1 Å². The molecule has 1 aromatic carbocycles. The first-order chi connectivity index (χ1) is 8.99. The molecule has 0 fully saturated rings. The quantitative estimate of drug-likeness (QED) is 0.637. The van der Waals surface area contributed by atoms with Gasteiger partial charge in [0.15, 0.2) is 0 Å². The van der Waals surface area contributed by atoms with E-state index < -0.39 is 5.24 Å². The monoisotopic (exact) mass is 296 g/mol. The predicted molar refractivity (Wildman–Crippen MR) is 76.9 cm³/mol. The van der Waals surface area contributed by atoms with Crippen LogP contribution in [0.3, 0.4) is 0 Å². The lowest BCUT2D eigenvalue weighted by atomic mass is 10.1. The standard InChI is InChI=1S/C14H13ClO3S/c1-8(2)18-12(16)7-10-9-5-3-4-6-11(9)19-13(10)14(15)17/h3-6,8H,7H2,1-2H3. The van der Waals surface area contributed by atoms with Crippen LogP contribution in [-0.2, 0) is 16.0 Å². The maximum Gasteiger partial charge on any atom is 0.310 e. The first kappa shape index (κ1) is 14.0. The predicted octanol–water partition coefficient (Wildman–Crippen LogP) is 3.77. The van der Waals surface area contributed by atoms with E-state index in [1.54, 1.807) is 13.8 Å². The number of benzene rings is 1. The van der Waals surface area contributed by atoms with Gasteiger partial charge >= 0.3 is 5.97 Å². The second kappa shape index (κ2) is 5.72. The minimum Gasteiger partial charge on any atom is -0.463 e. The topological polar surface area (TPSA) is 43.4 Å². The summed E-state index contributed by atoms with van der Waals surface area (Å²) in [5.74, 6) is -0.349. The highest BCUT2D eigenvalue weighted by Crippen LogP contribution is 2.32. The summed E-state index contributed by atoms with van der Waals surface area (Å²) in [6, 6.07) is 7.54. The van der Waals surface area contributed by atoms with Crippen LogP contribution in [0.2, 0.25) is 0 Å². The molecular weight excluding hydrogens is 284 g/mol. The van der Waals surface area contributed by atoms with Gasteiger partial charge in [-0.2, -0.15) is 0 Å². The molecule has 3 nitrogen and oxygen atoms in total. The molecule has 0 unspecified atom stereocenters. The van der Waals surface area contributed by atoms with Crippen LogP contribution in [0.5, 0.6) is 0 Å². The highest BCUT2D eigenvalue weighted by molar-refractivity contribution is 7.22. The summed E-state index contributed by atoms with van der Waals surface area (Å²) < 4.78 is 6.06. The first-order valence-corrected chi connectivity index (χ1v) is 7.08. The zero-order chi connectivity index (χ0) is 14.0. The van der Waals surface area contributed by atoms with Gasteiger partial charge in [0.05, 0.1) is 17.4 Å². The Hall–Kier alpha value is -1.39. The molecule has 0 aliphatic heterocycles. The zero-order valence-electron chi connectivity index (χ0n) is 10.6. The fraction of sp³-hybridized carbons (Fsp3) is 0.286. The maximum absolute atomic E-state index is 11.8. The zero-order valence-corrected chi connectivity index (χ0v) is 12.2. The molecule has 0 amide bonds. The molecular formula is C14H13ClO3S. The molecule has 2 aromatic rings. The lowest BCUT2D eigenvalue weighted by Crippen LogP contribution is -2.14. The Morgan fingerprint density at radius 1 is 1.32 bits per heavy atom. The molecule has 0 bridgehead atoms. The van der Waals surface area contributed by atoms with Gasteiger partial charge in [-0.15, -0.1) is 11.3 Å². The average Bonchev–Trinajstić information content (AvgIpc) is 2.67. The van der Waals surface area contributed by atoms with Crippen molar-refractivity contribution in [3.8, 4) is 0 Å². The normalized spacial score (nSPS) is 10.9. The van der Waals surface area contributed by atoms with E-state index in [2.05, 4.69) is 0 Å². The van der Waals surface area contributed by atoms with Crippen molar-refractivity contribution in [2.24, 2.45) is 0 Å². The highest BCUT2D eigenvalue weighted by atomic mass is 35.5. The lowest BCUT2D eigenvalue weighted by Gasteiger charge is -2.07.